The molecule has 168 valence electrons. The molecule has 0 radical (unpaired) electrons. The average molecular weight is 454 g/mol. The smallest absolute Gasteiger partial charge is 0.319 e. The summed E-state index contributed by atoms with van der Waals surface area (Å²) in [6, 6.07) is 18.6. The van der Waals surface area contributed by atoms with Gasteiger partial charge in [-0.25, -0.2) is 9.48 Å². The van der Waals surface area contributed by atoms with Crippen LogP contribution < -0.4 is 5.32 Å². The Kier molecular flexibility index (Phi) is 7.89. The Labute approximate surface area is 193 Å². The van der Waals surface area contributed by atoms with Gasteiger partial charge in [0, 0.05) is 37.3 Å². The largest absolute Gasteiger partial charge is 0.331 e. The summed E-state index contributed by atoms with van der Waals surface area (Å²) in [5.74, 6) is 0.231. The molecule has 0 saturated carbocycles. The summed E-state index contributed by atoms with van der Waals surface area (Å²) >= 11 is 6.04. The summed E-state index contributed by atoms with van der Waals surface area (Å²) in [5.41, 5.74) is 2.42. The third-order valence-electron chi connectivity index (χ3n) is 4.89. The second kappa shape index (κ2) is 10.8. The number of carbonyl (C=O) groups is 2. The van der Waals surface area contributed by atoms with E-state index in [1.807, 2.05) is 55.5 Å². The maximum absolute atomic E-state index is 12.9. The lowest BCUT2D eigenvalue weighted by Gasteiger charge is -2.25. The minimum Gasteiger partial charge on any atom is -0.331 e. The monoisotopic (exact) mass is 453 g/mol. The van der Waals surface area contributed by atoms with E-state index in [4.69, 9.17) is 16.7 Å². The van der Waals surface area contributed by atoms with Crippen LogP contribution in [-0.2, 0) is 4.79 Å². The lowest BCUT2D eigenvalue weighted by molar-refractivity contribution is -0.116. The zero-order chi connectivity index (χ0) is 23.1. The highest BCUT2D eigenvalue weighted by atomic mass is 35.5. The van der Waals surface area contributed by atoms with Crippen molar-refractivity contribution in [2.45, 2.75) is 19.8 Å². The molecule has 1 heterocycles. The average Bonchev–Trinajstić information content (AvgIpc) is 3.20. The Hall–Kier alpha value is -3.32. The van der Waals surface area contributed by atoms with Gasteiger partial charge in [0.2, 0.25) is 5.91 Å². The van der Waals surface area contributed by atoms with Crippen LogP contribution in [0.15, 0.2) is 60.7 Å². The van der Waals surface area contributed by atoms with Crippen LogP contribution in [0.4, 0.5) is 10.6 Å². The molecule has 0 aliphatic rings. The van der Waals surface area contributed by atoms with Crippen LogP contribution in [0.3, 0.4) is 0 Å². The number of urea groups is 1. The molecule has 1 aromatic heterocycles. The van der Waals surface area contributed by atoms with E-state index in [9.17, 15) is 9.59 Å². The zero-order valence-electron chi connectivity index (χ0n) is 18.6. The normalized spacial score (nSPS) is 10.6. The second-order valence-electron chi connectivity index (χ2n) is 7.67. The molecule has 0 spiro atoms. The van der Waals surface area contributed by atoms with Gasteiger partial charge in [0.1, 0.15) is 12.4 Å². The standard InChI is InChI=1S/C24H28ClN5O2/c1-4-5-15-29(24(32)28(2)3)17-23(31)26-22-16-21(18-9-7-6-8-10-18)27-30(22)20-13-11-19(25)12-14-20/h6-14,16H,4-5,15,17H2,1-3H3,(H,26,31). The molecule has 7 nitrogen and oxygen atoms in total. The summed E-state index contributed by atoms with van der Waals surface area (Å²) in [7, 11) is 3.36. The molecule has 3 aromatic rings. The first-order valence-corrected chi connectivity index (χ1v) is 10.9. The van der Waals surface area contributed by atoms with E-state index < -0.39 is 0 Å². The van der Waals surface area contributed by atoms with Crippen molar-refractivity contribution < 1.29 is 9.59 Å². The van der Waals surface area contributed by atoms with Crippen molar-refractivity contribution >= 4 is 29.4 Å². The number of halogens is 1. The Morgan fingerprint density at radius 1 is 1.06 bits per heavy atom. The molecule has 0 aliphatic carbocycles. The maximum Gasteiger partial charge on any atom is 0.319 e. The Morgan fingerprint density at radius 2 is 1.75 bits per heavy atom. The number of amides is 3. The highest BCUT2D eigenvalue weighted by molar-refractivity contribution is 6.30. The molecule has 0 saturated heterocycles. The molecule has 3 amide bonds. The first-order chi connectivity index (χ1) is 15.4. The van der Waals surface area contributed by atoms with Crippen molar-refractivity contribution in [1.29, 1.82) is 0 Å². The van der Waals surface area contributed by atoms with Gasteiger partial charge in [-0.3, -0.25) is 4.79 Å². The van der Waals surface area contributed by atoms with Crippen molar-refractivity contribution in [2.24, 2.45) is 0 Å². The van der Waals surface area contributed by atoms with Gasteiger partial charge in [0.05, 0.1) is 11.4 Å². The third-order valence-corrected chi connectivity index (χ3v) is 5.14. The van der Waals surface area contributed by atoms with E-state index in [0.717, 1.165) is 29.8 Å². The Bertz CT molecular complexity index is 1050. The molecule has 0 bridgehead atoms. The highest BCUT2D eigenvalue weighted by Crippen LogP contribution is 2.25. The molecule has 8 heteroatoms. The van der Waals surface area contributed by atoms with Crippen LogP contribution in [0, 0.1) is 0 Å². The van der Waals surface area contributed by atoms with Crippen LogP contribution in [-0.4, -0.2) is 58.7 Å². The van der Waals surface area contributed by atoms with Gasteiger partial charge < -0.3 is 15.1 Å². The fraction of sp³-hybridized carbons (Fsp3) is 0.292. The summed E-state index contributed by atoms with van der Waals surface area (Å²) < 4.78 is 1.67. The van der Waals surface area contributed by atoms with Gasteiger partial charge in [-0.15, -0.1) is 0 Å². The first kappa shape index (κ1) is 23.3. The number of hydrogen-bond acceptors (Lipinski definition) is 3. The van der Waals surface area contributed by atoms with E-state index in [2.05, 4.69) is 5.32 Å². The fourth-order valence-electron chi connectivity index (χ4n) is 3.23. The van der Waals surface area contributed by atoms with E-state index in [-0.39, 0.29) is 18.5 Å². The maximum atomic E-state index is 12.9. The summed E-state index contributed by atoms with van der Waals surface area (Å²) in [5, 5.41) is 8.24. The number of rotatable bonds is 8. The lowest BCUT2D eigenvalue weighted by atomic mass is 10.1. The van der Waals surface area contributed by atoms with Crippen LogP contribution >= 0.6 is 11.6 Å². The molecule has 32 heavy (non-hydrogen) atoms. The Morgan fingerprint density at radius 3 is 2.38 bits per heavy atom. The highest BCUT2D eigenvalue weighted by Gasteiger charge is 2.20. The number of unbranched alkanes of at least 4 members (excludes halogenated alkanes) is 1. The molecule has 3 rings (SSSR count). The molecule has 0 atom stereocenters. The van der Waals surface area contributed by atoms with Crippen molar-refractivity contribution in [2.75, 3.05) is 32.5 Å². The van der Waals surface area contributed by atoms with E-state index in [0.29, 0.717) is 17.4 Å². The SMILES string of the molecule is CCCCN(CC(=O)Nc1cc(-c2ccccc2)nn1-c1ccc(Cl)cc1)C(=O)N(C)C. The van der Waals surface area contributed by atoms with Crippen molar-refractivity contribution in [1.82, 2.24) is 19.6 Å². The van der Waals surface area contributed by atoms with Crippen molar-refractivity contribution in [3.63, 3.8) is 0 Å². The molecular formula is C24H28ClN5O2. The van der Waals surface area contributed by atoms with E-state index >= 15 is 0 Å². The quantitative estimate of drug-likeness (QED) is 0.526. The summed E-state index contributed by atoms with van der Waals surface area (Å²) in [6.45, 7) is 2.53. The number of nitrogens with zero attached hydrogens (tertiary/aromatic N) is 4. The molecule has 0 fully saturated rings. The van der Waals surface area contributed by atoms with Crippen LogP contribution in [0.2, 0.25) is 5.02 Å². The molecule has 0 unspecified atom stereocenters. The zero-order valence-corrected chi connectivity index (χ0v) is 19.3. The van der Waals surface area contributed by atoms with Gasteiger partial charge in [0.25, 0.3) is 0 Å². The topological polar surface area (TPSA) is 70.5 Å². The molecule has 2 aromatic carbocycles. The third kappa shape index (κ3) is 5.88. The van der Waals surface area contributed by atoms with Gasteiger partial charge in [-0.1, -0.05) is 55.3 Å². The number of anilines is 1. The fourth-order valence-corrected chi connectivity index (χ4v) is 3.36. The van der Waals surface area contributed by atoms with Crippen LogP contribution in [0.1, 0.15) is 19.8 Å². The lowest BCUT2D eigenvalue weighted by Crippen LogP contribution is -2.44. The van der Waals surface area contributed by atoms with E-state index in [1.165, 1.54) is 4.90 Å². The molecule has 0 aliphatic heterocycles. The van der Waals surface area contributed by atoms with Crippen LogP contribution in [0.25, 0.3) is 16.9 Å². The number of aromatic nitrogens is 2. The number of benzene rings is 2. The minimum absolute atomic E-state index is 0.0382. The first-order valence-electron chi connectivity index (χ1n) is 10.6. The van der Waals surface area contributed by atoms with Crippen molar-refractivity contribution in [3.8, 4) is 16.9 Å². The van der Waals surface area contributed by atoms with Gasteiger partial charge in [0.15, 0.2) is 0 Å². The van der Waals surface area contributed by atoms with Gasteiger partial charge >= 0.3 is 6.03 Å². The van der Waals surface area contributed by atoms with Crippen LogP contribution in [0.5, 0.6) is 0 Å². The minimum atomic E-state index is -0.286. The molecule has 1 N–H and O–H groups in total. The summed E-state index contributed by atoms with van der Waals surface area (Å²) in [6.07, 6.45) is 1.76. The van der Waals surface area contributed by atoms with Crippen molar-refractivity contribution in [3.05, 3.63) is 65.7 Å². The number of nitrogens with one attached hydrogen (secondary N) is 1. The predicted molar refractivity (Wildman–Crippen MR) is 128 cm³/mol. The predicted octanol–water partition coefficient (Wildman–Crippen LogP) is 4.91. The Balaban J connectivity index is 1.88. The number of carbonyl (C=O) groups excluding carboxylic acids is 2. The number of hydrogen-bond donors (Lipinski definition) is 1. The molecular weight excluding hydrogens is 426 g/mol. The second-order valence-corrected chi connectivity index (χ2v) is 8.11. The van der Waals surface area contributed by atoms with Gasteiger partial charge in [-0.05, 0) is 30.7 Å². The van der Waals surface area contributed by atoms with E-state index in [1.54, 1.807) is 35.8 Å². The van der Waals surface area contributed by atoms with Gasteiger partial charge in [-0.2, -0.15) is 5.10 Å². The summed E-state index contributed by atoms with van der Waals surface area (Å²) in [4.78, 5) is 28.4.